The summed E-state index contributed by atoms with van der Waals surface area (Å²) < 4.78 is 5.15. The monoisotopic (exact) mass is 506 g/mol. The van der Waals surface area contributed by atoms with Gasteiger partial charge in [-0.25, -0.2) is 0 Å². The van der Waals surface area contributed by atoms with Crippen molar-refractivity contribution >= 4 is 0 Å². The number of rotatable bonds is 10. The van der Waals surface area contributed by atoms with Gasteiger partial charge >= 0.3 is 0 Å². The van der Waals surface area contributed by atoms with E-state index < -0.39 is 50.5 Å². The van der Waals surface area contributed by atoms with Crippen LogP contribution in [0.1, 0.15) is 41.5 Å². The highest BCUT2D eigenvalue weighted by Crippen LogP contribution is 2.19. The van der Waals surface area contributed by atoms with Crippen LogP contribution in [0.25, 0.3) is 0 Å². The molecular weight excluding hydrogens is 448 g/mol. The Bertz CT molecular complexity index is 330. The van der Waals surface area contributed by atoms with Gasteiger partial charge in [0.25, 0.3) is 0 Å². The first-order valence-corrected chi connectivity index (χ1v) is 11.2. The van der Waals surface area contributed by atoms with Crippen LogP contribution in [0.15, 0.2) is 75.9 Å². The number of hydrogen-bond donors (Lipinski definition) is 6. The van der Waals surface area contributed by atoms with Gasteiger partial charge in [0.1, 0.15) is 0 Å². The van der Waals surface area contributed by atoms with Gasteiger partial charge < -0.3 is 35.4 Å². The molecule has 7 nitrogen and oxygen atoms in total. The van der Waals surface area contributed by atoms with Crippen molar-refractivity contribution < 1.29 is 35.4 Å². The molecule has 0 saturated heterocycles. The van der Waals surface area contributed by atoms with Crippen LogP contribution in [0.5, 0.6) is 0 Å². The Labute approximate surface area is 216 Å². The van der Waals surface area contributed by atoms with Crippen LogP contribution in [0.2, 0.25) is 0 Å². The number of ether oxygens (including phenoxy) is 1. The zero-order valence-corrected chi connectivity index (χ0v) is 23.5. The van der Waals surface area contributed by atoms with Gasteiger partial charge in [-0.15, -0.1) is 39.5 Å². The van der Waals surface area contributed by atoms with Crippen molar-refractivity contribution in [1.82, 2.24) is 0 Å². The minimum Gasteiger partial charge on any atom is -0.396 e. The number of allylic oxidation sites excluding steroid dienone is 6. The third-order valence-electron chi connectivity index (χ3n) is 2.83. The maximum absolute atomic E-state index is 9.03. The van der Waals surface area contributed by atoms with Crippen molar-refractivity contribution in [3.05, 3.63) is 75.9 Å². The SMILES string of the molecule is C=CC.C=CC.C=CC.C=CC.C=CC.C=CC.OCC(CO)(CO)COCC(CO)(CO)CO. The van der Waals surface area contributed by atoms with E-state index in [0.29, 0.717) is 0 Å². The Morgan fingerprint density at radius 2 is 0.543 bits per heavy atom. The van der Waals surface area contributed by atoms with Crippen LogP contribution in [0.4, 0.5) is 0 Å². The molecule has 0 aromatic rings. The maximum Gasteiger partial charge on any atom is 0.0629 e. The minimum atomic E-state index is -1.16. The normalized spacial score (nSPS) is 8.57. The quantitative estimate of drug-likeness (QED) is 0.246. The summed E-state index contributed by atoms with van der Waals surface area (Å²) in [5.74, 6) is 0. The average molecular weight is 507 g/mol. The Hall–Kier alpha value is -1.84. The van der Waals surface area contributed by atoms with Crippen molar-refractivity contribution in [1.29, 1.82) is 0 Å². The predicted molar refractivity (Wildman–Crippen MR) is 153 cm³/mol. The summed E-state index contributed by atoms with van der Waals surface area (Å²) in [6, 6.07) is 0. The van der Waals surface area contributed by atoms with Crippen LogP contribution in [-0.2, 0) is 4.74 Å². The van der Waals surface area contributed by atoms with Crippen LogP contribution >= 0.6 is 0 Å². The van der Waals surface area contributed by atoms with Gasteiger partial charge in [0.2, 0.25) is 0 Å². The molecule has 35 heavy (non-hydrogen) atoms. The van der Waals surface area contributed by atoms with E-state index in [1.165, 1.54) is 0 Å². The Kier molecular flexibility index (Phi) is 70.6. The lowest BCUT2D eigenvalue weighted by molar-refractivity contribution is -0.103. The Balaban J connectivity index is -0.0000000708. The standard InChI is InChI=1S/C10H22O7.6C3H6/c11-1-9(2-12,3-13)7-17-8-10(4-14,5-15)6-16;6*1-3-2/h11-16H,1-8H2;6*3H,1H2,2H3. The first kappa shape index (κ1) is 50.1. The summed E-state index contributed by atoms with van der Waals surface area (Å²) >= 11 is 0. The topological polar surface area (TPSA) is 131 Å². The first-order chi connectivity index (χ1) is 16.6. The van der Waals surface area contributed by atoms with Crippen molar-refractivity contribution in [3.63, 3.8) is 0 Å². The van der Waals surface area contributed by atoms with Crippen molar-refractivity contribution in [3.8, 4) is 0 Å². The Morgan fingerprint density at radius 3 is 0.629 bits per heavy atom. The van der Waals surface area contributed by atoms with Crippen LogP contribution in [0.3, 0.4) is 0 Å². The summed E-state index contributed by atoms with van der Waals surface area (Å²) in [7, 11) is 0. The lowest BCUT2D eigenvalue weighted by Gasteiger charge is -2.31. The molecule has 0 saturated carbocycles. The fourth-order valence-electron chi connectivity index (χ4n) is 1.06. The lowest BCUT2D eigenvalue weighted by atomic mass is 9.91. The lowest BCUT2D eigenvalue weighted by Crippen LogP contribution is -2.43. The smallest absolute Gasteiger partial charge is 0.0629 e. The zero-order chi connectivity index (χ0) is 29.6. The molecule has 0 heterocycles. The average Bonchev–Trinajstić information content (AvgIpc) is 2.83. The maximum atomic E-state index is 9.03. The second kappa shape index (κ2) is 49.3. The van der Waals surface area contributed by atoms with E-state index in [4.69, 9.17) is 35.4 Å². The van der Waals surface area contributed by atoms with Gasteiger partial charge in [0.05, 0.1) is 63.7 Å². The third kappa shape index (κ3) is 50.1. The molecule has 0 aliphatic heterocycles. The molecule has 0 atom stereocenters. The highest BCUT2D eigenvalue weighted by atomic mass is 16.5. The summed E-state index contributed by atoms with van der Waals surface area (Å²) in [6.07, 6.45) is 10.5. The Morgan fingerprint density at radius 1 is 0.429 bits per heavy atom. The molecule has 0 aliphatic rings. The number of hydrogen-bond acceptors (Lipinski definition) is 7. The van der Waals surface area contributed by atoms with E-state index in [0.717, 1.165) is 0 Å². The highest BCUT2D eigenvalue weighted by Gasteiger charge is 2.32. The van der Waals surface area contributed by atoms with E-state index in [2.05, 4.69) is 39.5 Å². The largest absolute Gasteiger partial charge is 0.396 e. The van der Waals surface area contributed by atoms with Gasteiger partial charge in [-0.1, -0.05) is 36.5 Å². The number of aliphatic hydroxyl groups excluding tert-OH is 6. The van der Waals surface area contributed by atoms with Gasteiger partial charge in [-0.3, -0.25) is 0 Å². The molecular formula is C28H58O7. The third-order valence-corrected chi connectivity index (χ3v) is 2.83. The van der Waals surface area contributed by atoms with Crippen molar-refractivity contribution in [2.75, 3.05) is 52.9 Å². The zero-order valence-electron chi connectivity index (χ0n) is 23.5. The van der Waals surface area contributed by atoms with Crippen LogP contribution in [-0.4, -0.2) is 83.5 Å². The van der Waals surface area contributed by atoms with Crippen molar-refractivity contribution in [2.24, 2.45) is 10.8 Å². The summed E-state index contributed by atoms with van der Waals surface area (Å²) in [4.78, 5) is 0. The molecule has 0 aliphatic carbocycles. The second-order valence-corrected chi connectivity index (χ2v) is 6.89. The van der Waals surface area contributed by atoms with Crippen molar-refractivity contribution in [2.45, 2.75) is 41.5 Å². The van der Waals surface area contributed by atoms with Crippen LogP contribution in [0, 0.1) is 10.8 Å². The van der Waals surface area contributed by atoms with Gasteiger partial charge in [-0.2, -0.15) is 0 Å². The second-order valence-electron chi connectivity index (χ2n) is 6.89. The molecule has 7 heteroatoms. The molecule has 0 unspecified atom stereocenters. The fraction of sp³-hybridized carbons (Fsp3) is 0.571. The summed E-state index contributed by atoms with van der Waals surface area (Å²) in [5, 5.41) is 54.2. The predicted octanol–water partition coefficient (Wildman–Crippen LogP) is 4.08. The van der Waals surface area contributed by atoms with E-state index >= 15 is 0 Å². The van der Waals surface area contributed by atoms with Gasteiger partial charge in [0.15, 0.2) is 0 Å². The molecule has 0 amide bonds. The van der Waals surface area contributed by atoms with E-state index in [1.807, 2.05) is 41.5 Å². The molecule has 0 spiro atoms. The molecule has 0 bridgehead atoms. The van der Waals surface area contributed by atoms with E-state index in [-0.39, 0.29) is 13.2 Å². The summed E-state index contributed by atoms with van der Waals surface area (Å²) in [6.45, 7) is 28.5. The van der Waals surface area contributed by atoms with Crippen LogP contribution < -0.4 is 0 Å². The molecule has 0 fully saturated rings. The minimum absolute atomic E-state index is 0.141. The van der Waals surface area contributed by atoms with Gasteiger partial charge in [-0.05, 0) is 41.5 Å². The first-order valence-electron chi connectivity index (χ1n) is 11.2. The van der Waals surface area contributed by atoms with Gasteiger partial charge in [0, 0.05) is 0 Å². The molecule has 0 rings (SSSR count). The number of aliphatic hydroxyl groups is 6. The fourth-order valence-corrected chi connectivity index (χ4v) is 1.06. The van der Waals surface area contributed by atoms with E-state index in [9.17, 15) is 0 Å². The molecule has 0 aromatic carbocycles. The highest BCUT2D eigenvalue weighted by molar-refractivity contribution is 4.80. The molecule has 0 radical (unpaired) electrons. The molecule has 212 valence electrons. The summed E-state index contributed by atoms with van der Waals surface area (Å²) in [5.41, 5.74) is -2.32. The molecule has 0 aromatic heterocycles. The van der Waals surface area contributed by atoms with E-state index in [1.54, 1.807) is 36.5 Å². The molecule has 6 N–H and O–H groups in total.